The molecule has 1 fully saturated rings. The molecule has 0 saturated carbocycles. The molecule has 2 unspecified atom stereocenters. The molecular weight excluding hydrogens is 176 g/mol. The van der Waals surface area contributed by atoms with E-state index in [-0.39, 0.29) is 22.4 Å². The molecule has 12 heavy (non-hydrogen) atoms. The molecule has 0 radical (unpaired) electrons. The molecule has 0 spiro atoms. The van der Waals surface area contributed by atoms with Gasteiger partial charge in [0.05, 0.1) is 5.25 Å². The summed E-state index contributed by atoms with van der Waals surface area (Å²) >= 11 is 1.34. The largest absolute Gasteiger partial charge is 0.320 e. The highest BCUT2D eigenvalue weighted by molar-refractivity contribution is 8.01. The zero-order valence-corrected chi connectivity index (χ0v) is 7.93. The third-order valence-electron chi connectivity index (χ3n) is 1.72. The van der Waals surface area contributed by atoms with Gasteiger partial charge in [0.15, 0.2) is 0 Å². The van der Waals surface area contributed by atoms with Crippen LogP contribution in [-0.4, -0.2) is 34.4 Å². The molecule has 1 heterocycles. The van der Waals surface area contributed by atoms with Gasteiger partial charge in [0.1, 0.15) is 0 Å². The molecule has 2 N–H and O–H groups in total. The van der Waals surface area contributed by atoms with Crippen molar-refractivity contribution >= 4 is 23.6 Å². The van der Waals surface area contributed by atoms with Gasteiger partial charge in [-0.2, -0.15) is 0 Å². The summed E-state index contributed by atoms with van der Waals surface area (Å²) in [6.07, 6.45) is 0.293. The average Bonchev–Trinajstić information content (AvgIpc) is 2.17. The molecule has 0 aliphatic carbocycles. The molecule has 1 saturated heterocycles. The van der Waals surface area contributed by atoms with Crippen molar-refractivity contribution in [2.75, 3.05) is 7.05 Å². The number of thioether (sulfide) groups is 1. The summed E-state index contributed by atoms with van der Waals surface area (Å²) in [5.41, 5.74) is 5.51. The first-order valence-corrected chi connectivity index (χ1v) is 4.68. The second-order valence-corrected chi connectivity index (χ2v) is 4.41. The van der Waals surface area contributed by atoms with Gasteiger partial charge in [0.25, 0.3) is 0 Å². The standard InChI is InChI=1S/C7H12N2O2S/c1-4(8)12-5-3-6(10)9(2)7(5)11/h4-5H,3,8H2,1-2H3. The molecular formula is C7H12N2O2S. The predicted molar refractivity (Wildman–Crippen MR) is 47.4 cm³/mol. The Morgan fingerprint density at radius 1 is 1.67 bits per heavy atom. The molecule has 1 aliphatic heterocycles. The number of carbonyl (C=O) groups is 2. The van der Waals surface area contributed by atoms with Gasteiger partial charge in [-0.05, 0) is 6.92 Å². The number of nitrogens with zero attached hydrogens (tertiary/aromatic N) is 1. The van der Waals surface area contributed by atoms with E-state index in [1.165, 1.54) is 23.7 Å². The molecule has 2 atom stereocenters. The Bertz CT molecular complexity index is 217. The van der Waals surface area contributed by atoms with Crippen molar-refractivity contribution in [3.05, 3.63) is 0 Å². The highest BCUT2D eigenvalue weighted by Crippen LogP contribution is 2.25. The van der Waals surface area contributed by atoms with Gasteiger partial charge in [0, 0.05) is 18.8 Å². The van der Waals surface area contributed by atoms with Crippen molar-refractivity contribution in [3.8, 4) is 0 Å². The zero-order valence-electron chi connectivity index (χ0n) is 7.11. The van der Waals surface area contributed by atoms with Gasteiger partial charge in [-0.3, -0.25) is 14.5 Å². The quantitative estimate of drug-likeness (QED) is 0.481. The van der Waals surface area contributed by atoms with Crippen LogP contribution < -0.4 is 5.73 Å². The monoisotopic (exact) mass is 188 g/mol. The molecule has 0 aromatic heterocycles. The van der Waals surface area contributed by atoms with Gasteiger partial charge in [-0.1, -0.05) is 0 Å². The molecule has 0 aromatic carbocycles. The van der Waals surface area contributed by atoms with Crippen LogP contribution in [0.2, 0.25) is 0 Å². The van der Waals surface area contributed by atoms with E-state index in [9.17, 15) is 9.59 Å². The van der Waals surface area contributed by atoms with Gasteiger partial charge in [0.2, 0.25) is 11.8 Å². The summed E-state index contributed by atoms with van der Waals surface area (Å²) < 4.78 is 0. The number of likely N-dealkylation sites (tertiary alicyclic amines) is 1. The minimum atomic E-state index is -0.262. The van der Waals surface area contributed by atoms with Crippen LogP contribution in [0, 0.1) is 0 Å². The first kappa shape index (κ1) is 9.54. The van der Waals surface area contributed by atoms with Crippen molar-refractivity contribution in [1.29, 1.82) is 0 Å². The zero-order chi connectivity index (χ0) is 9.30. The number of amides is 2. The summed E-state index contributed by atoms with van der Waals surface area (Å²) in [7, 11) is 1.51. The van der Waals surface area contributed by atoms with Crippen LogP contribution in [0.1, 0.15) is 13.3 Å². The van der Waals surface area contributed by atoms with E-state index in [0.717, 1.165) is 0 Å². The second kappa shape index (κ2) is 3.45. The summed E-state index contributed by atoms with van der Waals surface area (Å²) in [6.45, 7) is 1.81. The molecule has 1 aliphatic rings. The fourth-order valence-electron chi connectivity index (χ4n) is 1.09. The highest BCUT2D eigenvalue weighted by atomic mass is 32.2. The number of rotatable bonds is 2. The lowest BCUT2D eigenvalue weighted by atomic mass is 10.4. The van der Waals surface area contributed by atoms with Crippen LogP contribution in [0.5, 0.6) is 0 Å². The summed E-state index contributed by atoms with van der Waals surface area (Å²) in [6, 6.07) is 0. The Labute approximate surface area is 75.5 Å². The molecule has 2 amide bonds. The van der Waals surface area contributed by atoms with Crippen LogP contribution in [0.4, 0.5) is 0 Å². The average molecular weight is 188 g/mol. The topological polar surface area (TPSA) is 63.4 Å². The summed E-state index contributed by atoms with van der Waals surface area (Å²) in [5.74, 6) is -0.236. The molecule has 0 aromatic rings. The first-order chi connectivity index (χ1) is 5.52. The van der Waals surface area contributed by atoms with Crippen molar-refractivity contribution in [2.45, 2.75) is 24.0 Å². The maximum Gasteiger partial charge on any atom is 0.242 e. The number of carbonyl (C=O) groups excluding carboxylic acids is 2. The van der Waals surface area contributed by atoms with Crippen molar-refractivity contribution < 1.29 is 9.59 Å². The third-order valence-corrected chi connectivity index (χ3v) is 2.85. The third kappa shape index (κ3) is 1.78. The lowest BCUT2D eigenvalue weighted by molar-refractivity contribution is -0.136. The number of hydrogen-bond acceptors (Lipinski definition) is 4. The molecule has 0 bridgehead atoms. The predicted octanol–water partition coefficient (Wildman–Crippen LogP) is -0.218. The van der Waals surface area contributed by atoms with Crippen molar-refractivity contribution in [2.24, 2.45) is 5.73 Å². The molecule has 1 rings (SSSR count). The van der Waals surface area contributed by atoms with E-state index in [4.69, 9.17) is 5.73 Å². The Morgan fingerprint density at radius 3 is 2.58 bits per heavy atom. The van der Waals surface area contributed by atoms with E-state index < -0.39 is 0 Å². The van der Waals surface area contributed by atoms with E-state index >= 15 is 0 Å². The van der Waals surface area contributed by atoms with E-state index in [1.807, 2.05) is 0 Å². The minimum absolute atomic E-state index is 0.0988. The number of imide groups is 1. The van der Waals surface area contributed by atoms with E-state index in [1.54, 1.807) is 6.92 Å². The number of hydrogen-bond donors (Lipinski definition) is 1. The Hall–Kier alpha value is -0.550. The first-order valence-electron chi connectivity index (χ1n) is 3.74. The van der Waals surface area contributed by atoms with Crippen LogP contribution in [0.15, 0.2) is 0 Å². The van der Waals surface area contributed by atoms with Gasteiger partial charge >= 0.3 is 0 Å². The molecule has 5 heteroatoms. The van der Waals surface area contributed by atoms with Crippen LogP contribution >= 0.6 is 11.8 Å². The second-order valence-electron chi connectivity index (χ2n) is 2.82. The lowest BCUT2D eigenvalue weighted by Crippen LogP contribution is -2.28. The molecule has 4 nitrogen and oxygen atoms in total. The SMILES string of the molecule is CC(N)SC1CC(=O)N(C)C1=O. The Balaban J connectivity index is 2.59. The van der Waals surface area contributed by atoms with Gasteiger partial charge in [-0.25, -0.2) is 0 Å². The lowest BCUT2D eigenvalue weighted by Gasteiger charge is -2.10. The van der Waals surface area contributed by atoms with Crippen molar-refractivity contribution in [3.63, 3.8) is 0 Å². The van der Waals surface area contributed by atoms with E-state index in [0.29, 0.717) is 6.42 Å². The maximum atomic E-state index is 11.3. The highest BCUT2D eigenvalue weighted by Gasteiger charge is 2.36. The molecule has 68 valence electrons. The Morgan fingerprint density at radius 2 is 2.25 bits per heavy atom. The van der Waals surface area contributed by atoms with Crippen LogP contribution in [0.3, 0.4) is 0 Å². The fraction of sp³-hybridized carbons (Fsp3) is 0.714. The van der Waals surface area contributed by atoms with Crippen LogP contribution in [0.25, 0.3) is 0 Å². The fourth-order valence-corrected chi connectivity index (χ4v) is 2.12. The smallest absolute Gasteiger partial charge is 0.242 e. The normalized spacial score (nSPS) is 26.6. The van der Waals surface area contributed by atoms with Crippen LogP contribution in [-0.2, 0) is 9.59 Å². The summed E-state index contributed by atoms with van der Waals surface area (Å²) in [4.78, 5) is 23.5. The summed E-state index contributed by atoms with van der Waals surface area (Å²) in [5, 5.41) is -0.360. The maximum absolute atomic E-state index is 11.3. The number of nitrogens with two attached hydrogens (primary N) is 1. The van der Waals surface area contributed by atoms with E-state index in [2.05, 4.69) is 0 Å². The van der Waals surface area contributed by atoms with Gasteiger partial charge < -0.3 is 5.73 Å². The van der Waals surface area contributed by atoms with Crippen molar-refractivity contribution in [1.82, 2.24) is 4.90 Å². The van der Waals surface area contributed by atoms with Gasteiger partial charge in [-0.15, -0.1) is 11.8 Å². The Kier molecular flexibility index (Phi) is 2.74. The minimum Gasteiger partial charge on any atom is -0.320 e.